The Kier molecular flexibility index (Phi) is 6.26. The summed E-state index contributed by atoms with van der Waals surface area (Å²) in [6.45, 7) is 4.26. The first-order chi connectivity index (χ1) is 13.8. The summed E-state index contributed by atoms with van der Waals surface area (Å²) in [7, 11) is -1.07. The van der Waals surface area contributed by atoms with Gasteiger partial charge in [0.2, 0.25) is 10.0 Å². The van der Waals surface area contributed by atoms with E-state index in [4.69, 9.17) is 9.47 Å². The Hall–Kier alpha value is -2.42. The summed E-state index contributed by atoms with van der Waals surface area (Å²) >= 11 is 0. The molecule has 1 N–H and O–H groups in total. The molecule has 7 nitrogen and oxygen atoms in total. The largest absolute Gasteiger partial charge is 0.495 e. The van der Waals surface area contributed by atoms with Crippen molar-refractivity contribution in [2.24, 2.45) is 0 Å². The summed E-state index contributed by atoms with van der Waals surface area (Å²) in [5.74, 6) is -0.0643. The van der Waals surface area contributed by atoms with Gasteiger partial charge in [0.25, 0.3) is 5.91 Å². The number of hydrogen-bond acceptors (Lipinski definition) is 5. The molecule has 0 aromatic heterocycles. The number of nitrogens with one attached hydrogen (secondary N) is 1. The van der Waals surface area contributed by atoms with Crippen molar-refractivity contribution in [1.29, 1.82) is 0 Å². The zero-order valence-electron chi connectivity index (χ0n) is 17.0. The quantitative estimate of drug-likeness (QED) is 0.807. The molecule has 0 unspecified atom stereocenters. The van der Waals surface area contributed by atoms with Crippen LogP contribution in [0.15, 0.2) is 53.4 Å². The summed E-state index contributed by atoms with van der Waals surface area (Å²) in [5.41, 5.74) is 1.28. The van der Waals surface area contributed by atoms with Gasteiger partial charge in [-0.15, -0.1) is 0 Å². The third kappa shape index (κ3) is 4.14. The molecule has 1 aliphatic heterocycles. The van der Waals surface area contributed by atoms with Gasteiger partial charge in [-0.2, -0.15) is 0 Å². The van der Waals surface area contributed by atoms with E-state index >= 15 is 0 Å². The lowest BCUT2D eigenvalue weighted by Crippen LogP contribution is -2.53. The topological polar surface area (TPSA) is 84.9 Å². The predicted octanol–water partition coefficient (Wildman–Crippen LogP) is 2.59. The van der Waals surface area contributed by atoms with Crippen LogP contribution in [0.25, 0.3) is 0 Å². The molecule has 3 rings (SSSR count). The Morgan fingerprint density at radius 3 is 2.48 bits per heavy atom. The van der Waals surface area contributed by atoms with Gasteiger partial charge in [0.15, 0.2) is 0 Å². The first-order valence-electron chi connectivity index (χ1n) is 9.41. The van der Waals surface area contributed by atoms with Crippen molar-refractivity contribution in [2.75, 3.05) is 20.8 Å². The predicted molar refractivity (Wildman–Crippen MR) is 109 cm³/mol. The highest BCUT2D eigenvalue weighted by Gasteiger charge is 2.37. The van der Waals surface area contributed by atoms with Gasteiger partial charge in [0.1, 0.15) is 16.7 Å². The number of amides is 1. The Morgan fingerprint density at radius 1 is 1.17 bits per heavy atom. The minimum Gasteiger partial charge on any atom is -0.495 e. The SMILES string of the molecule is CNS(=O)(=O)c1cc(C(=O)N2[C@H](C)CO[C@H](c3ccccc3)[C@@H]2C)ccc1OC. The van der Waals surface area contributed by atoms with Crippen LogP contribution in [0.5, 0.6) is 5.75 Å². The third-order valence-corrected chi connectivity index (χ3v) is 6.64. The summed E-state index contributed by atoms with van der Waals surface area (Å²) in [6.07, 6.45) is -0.255. The van der Waals surface area contributed by atoms with Crippen LogP contribution in [0.3, 0.4) is 0 Å². The number of ether oxygens (including phenoxy) is 2. The highest BCUT2D eigenvalue weighted by atomic mass is 32.2. The number of rotatable bonds is 5. The smallest absolute Gasteiger partial charge is 0.254 e. The normalized spacial score (nSPS) is 22.3. The number of methoxy groups -OCH3 is 1. The molecule has 1 aliphatic rings. The van der Waals surface area contributed by atoms with E-state index < -0.39 is 10.0 Å². The lowest BCUT2D eigenvalue weighted by atomic mass is 9.97. The molecule has 3 atom stereocenters. The average Bonchev–Trinajstić information content (AvgIpc) is 2.73. The molecule has 1 heterocycles. The lowest BCUT2D eigenvalue weighted by Gasteiger charge is -2.44. The van der Waals surface area contributed by atoms with E-state index in [2.05, 4.69) is 4.72 Å². The number of carbonyl (C=O) groups excluding carboxylic acids is 1. The number of nitrogens with zero attached hydrogens (tertiary/aromatic N) is 1. The second kappa shape index (κ2) is 8.52. The van der Waals surface area contributed by atoms with E-state index in [1.54, 1.807) is 11.0 Å². The molecular formula is C21H26N2O5S. The Labute approximate surface area is 171 Å². The molecule has 0 radical (unpaired) electrons. The van der Waals surface area contributed by atoms with Crippen LogP contribution in [0, 0.1) is 0 Å². The number of benzene rings is 2. The number of hydrogen-bond donors (Lipinski definition) is 1. The van der Waals surface area contributed by atoms with E-state index in [1.807, 2.05) is 44.2 Å². The van der Waals surface area contributed by atoms with E-state index in [0.29, 0.717) is 6.61 Å². The Bertz CT molecular complexity index is 978. The maximum absolute atomic E-state index is 13.4. The van der Waals surface area contributed by atoms with E-state index in [9.17, 15) is 13.2 Å². The summed E-state index contributed by atoms with van der Waals surface area (Å²) in [4.78, 5) is 15.1. The van der Waals surface area contributed by atoms with Crippen molar-refractivity contribution in [3.05, 3.63) is 59.7 Å². The third-order valence-electron chi connectivity index (χ3n) is 5.20. The maximum atomic E-state index is 13.4. The summed E-state index contributed by atoms with van der Waals surface area (Å²) in [6, 6.07) is 13.8. The zero-order chi connectivity index (χ0) is 21.2. The van der Waals surface area contributed by atoms with Crippen molar-refractivity contribution >= 4 is 15.9 Å². The molecule has 0 aliphatic carbocycles. The molecule has 0 bridgehead atoms. The van der Waals surface area contributed by atoms with Gasteiger partial charge in [-0.1, -0.05) is 30.3 Å². The van der Waals surface area contributed by atoms with Crippen molar-refractivity contribution < 1.29 is 22.7 Å². The number of carbonyl (C=O) groups is 1. The minimum atomic E-state index is -3.78. The van der Waals surface area contributed by atoms with Crippen molar-refractivity contribution in [3.8, 4) is 5.75 Å². The van der Waals surface area contributed by atoms with E-state index in [0.717, 1.165) is 5.56 Å². The lowest BCUT2D eigenvalue weighted by molar-refractivity contribution is -0.0806. The molecule has 0 spiro atoms. The van der Waals surface area contributed by atoms with Gasteiger partial charge in [-0.3, -0.25) is 4.79 Å². The number of sulfonamides is 1. The molecule has 1 saturated heterocycles. The van der Waals surface area contributed by atoms with E-state index in [1.165, 1.54) is 26.3 Å². The minimum absolute atomic E-state index is 0.0680. The van der Waals surface area contributed by atoms with Gasteiger partial charge in [-0.05, 0) is 44.7 Å². The van der Waals surface area contributed by atoms with E-state index in [-0.39, 0.29) is 40.3 Å². The van der Waals surface area contributed by atoms with Crippen LogP contribution >= 0.6 is 0 Å². The molecule has 2 aromatic rings. The van der Waals surface area contributed by atoms with Crippen LogP contribution in [-0.2, 0) is 14.8 Å². The molecular weight excluding hydrogens is 392 g/mol. The van der Waals surface area contributed by atoms with Gasteiger partial charge < -0.3 is 14.4 Å². The first-order valence-corrected chi connectivity index (χ1v) is 10.9. The van der Waals surface area contributed by atoms with Crippen LogP contribution in [-0.4, -0.2) is 52.1 Å². The molecule has 8 heteroatoms. The summed E-state index contributed by atoms with van der Waals surface area (Å²) in [5, 5.41) is 0. The van der Waals surface area contributed by atoms with Crippen molar-refractivity contribution in [3.63, 3.8) is 0 Å². The summed E-state index contributed by atoms with van der Waals surface area (Å²) < 4.78 is 38.2. The number of morpholine rings is 1. The van der Waals surface area contributed by atoms with Gasteiger partial charge in [-0.25, -0.2) is 13.1 Å². The van der Waals surface area contributed by atoms with Crippen LogP contribution in [0.4, 0.5) is 0 Å². The maximum Gasteiger partial charge on any atom is 0.254 e. The van der Waals surface area contributed by atoms with Gasteiger partial charge in [0.05, 0.1) is 25.8 Å². The molecule has 156 valence electrons. The fourth-order valence-electron chi connectivity index (χ4n) is 3.69. The average molecular weight is 419 g/mol. The van der Waals surface area contributed by atoms with Crippen LogP contribution < -0.4 is 9.46 Å². The Morgan fingerprint density at radius 2 is 1.86 bits per heavy atom. The molecule has 29 heavy (non-hydrogen) atoms. The second-order valence-corrected chi connectivity index (χ2v) is 8.89. The van der Waals surface area contributed by atoms with Crippen LogP contribution in [0.1, 0.15) is 35.9 Å². The monoisotopic (exact) mass is 418 g/mol. The fourth-order valence-corrected chi connectivity index (χ4v) is 4.61. The van der Waals surface area contributed by atoms with Gasteiger partial charge >= 0.3 is 0 Å². The first kappa shape index (κ1) is 21.3. The van der Waals surface area contributed by atoms with Crippen molar-refractivity contribution in [2.45, 2.75) is 36.9 Å². The Balaban J connectivity index is 1.97. The molecule has 2 aromatic carbocycles. The molecule has 0 saturated carbocycles. The van der Waals surface area contributed by atoms with Crippen LogP contribution in [0.2, 0.25) is 0 Å². The zero-order valence-corrected chi connectivity index (χ0v) is 17.8. The highest BCUT2D eigenvalue weighted by Crippen LogP contribution is 2.33. The molecule has 1 fully saturated rings. The second-order valence-electron chi connectivity index (χ2n) is 7.04. The fraction of sp³-hybridized carbons (Fsp3) is 0.381. The van der Waals surface area contributed by atoms with Crippen molar-refractivity contribution in [1.82, 2.24) is 9.62 Å². The molecule has 1 amide bonds. The standard InChI is InChI=1S/C21H26N2O5S/c1-14-13-28-20(16-8-6-5-7-9-16)15(2)23(14)21(24)17-10-11-18(27-4)19(12-17)29(25,26)22-3/h5-12,14-15,20,22H,13H2,1-4H3/t14-,15+,20+/m1/s1. The highest BCUT2D eigenvalue weighted by molar-refractivity contribution is 7.89. The van der Waals surface area contributed by atoms with Gasteiger partial charge in [0, 0.05) is 5.56 Å².